The number of aryl methyl sites for hydroxylation is 2. The average Bonchev–Trinajstić information content (AvgIpc) is 2.36. The molecule has 0 atom stereocenters. The molecule has 1 aromatic carbocycles. The van der Waals surface area contributed by atoms with Crippen molar-refractivity contribution < 1.29 is 0 Å². The SMILES string of the molecule is Cc1ccc(C)c2c1SCC2(C)C. The van der Waals surface area contributed by atoms with Gasteiger partial charge in [0.1, 0.15) is 0 Å². The van der Waals surface area contributed by atoms with Gasteiger partial charge in [-0.3, -0.25) is 0 Å². The van der Waals surface area contributed by atoms with Crippen LogP contribution in [0.2, 0.25) is 0 Å². The van der Waals surface area contributed by atoms with Crippen molar-refractivity contribution in [2.45, 2.75) is 38.0 Å². The maximum absolute atomic E-state index is 2.35. The summed E-state index contributed by atoms with van der Waals surface area (Å²) in [6.45, 7) is 9.13. The lowest BCUT2D eigenvalue weighted by Crippen LogP contribution is -2.17. The van der Waals surface area contributed by atoms with Gasteiger partial charge >= 0.3 is 0 Å². The molecule has 0 bridgehead atoms. The molecule has 0 N–H and O–H groups in total. The summed E-state index contributed by atoms with van der Waals surface area (Å²) in [7, 11) is 0. The third-order valence-electron chi connectivity index (χ3n) is 2.82. The Hall–Kier alpha value is -0.430. The number of benzene rings is 1. The van der Waals surface area contributed by atoms with E-state index in [-0.39, 0.29) is 0 Å². The highest BCUT2D eigenvalue weighted by Gasteiger charge is 2.32. The molecule has 0 aromatic heterocycles. The molecule has 13 heavy (non-hydrogen) atoms. The molecule has 0 saturated carbocycles. The summed E-state index contributed by atoms with van der Waals surface area (Å²) in [4.78, 5) is 1.53. The number of rotatable bonds is 0. The highest BCUT2D eigenvalue weighted by atomic mass is 32.2. The summed E-state index contributed by atoms with van der Waals surface area (Å²) >= 11 is 2.02. The zero-order valence-electron chi connectivity index (χ0n) is 8.77. The molecule has 1 heteroatoms. The molecule has 0 aliphatic carbocycles. The van der Waals surface area contributed by atoms with Gasteiger partial charge in [-0.1, -0.05) is 26.0 Å². The van der Waals surface area contributed by atoms with Crippen LogP contribution >= 0.6 is 11.8 Å². The van der Waals surface area contributed by atoms with Gasteiger partial charge in [-0.15, -0.1) is 11.8 Å². The van der Waals surface area contributed by atoms with E-state index in [9.17, 15) is 0 Å². The Balaban J connectivity index is 2.70. The number of thioether (sulfide) groups is 1. The number of fused-ring (bicyclic) bond motifs is 1. The summed E-state index contributed by atoms with van der Waals surface area (Å²) in [5.74, 6) is 1.23. The fourth-order valence-electron chi connectivity index (χ4n) is 2.14. The fourth-order valence-corrected chi connectivity index (χ4v) is 3.66. The van der Waals surface area contributed by atoms with Crippen LogP contribution in [0.3, 0.4) is 0 Å². The van der Waals surface area contributed by atoms with Gasteiger partial charge in [-0.25, -0.2) is 0 Å². The van der Waals surface area contributed by atoms with Gasteiger partial charge in [0, 0.05) is 16.1 Å². The Morgan fingerprint density at radius 3 is 2.38 bits per heavy atom. The first kappa shape index (κ1) is 9.14. The van der Waals surface area contributed by atoms with E-state index in [0.29, 0.717) is 5.41 Å². The van der Waals surface area contributed by atoms with Gasteiger partial charge < -0.3 is 0 Å². The smallest absolute Gasteiger partial charge is 0.0142 e. The molecule has 1 aromatic rings. The van der Waals surface area contributed by atoms with E-state index >= 15 is 0 Å². The molecule has 1 heterocycles. The van der Waals surface area contributed by atoms with Gasteiger partial charge in [-0.2, -0.15) is 0 Å². The zero-order chi connectivity index (χ0) is 9.64. The minimum atomic E-state index is 0.371. The van der Waals surface area contributed by atoms with E-state index in [2.05, 4.69) is 39.8 Å². The van der Waals surface area contributed by atoms with Crippen LogP contribution in [0.4, 0.5) is 0 Å². The minimum Gasteiger partial charge on any atom is -0.125 e. The topological polar surface area (TPSA) is 0 Å². The van der Waals surface area contributed by atoms with Crippen molar-refractivity contribution in [2.75, 3.05) is 5.75 Å². The Morgan fingerprint density at radius 2 is 1.77 bits per heavy atom. The fraction of sp³-hybridized carbons (Fsp3) is 0.500. The molecule has 0 radical (unpaired) electrons. The number of hydrogen-bond acceptors (Lipinski definition) is 1. The predicted octanol–water partition coefficient (Wildman–Crippen LogP) is 3.69. The maximum atomic E-state index is 2.35. The average molecular weight is 192 g/mol. The first-order chi connectivity index (χ1) is 6.02. The van der Waals surface area contributed by atoms with Crippen LogP contribution in [-0.2, 0) is 5.41 Å². The molecule has 0 spiro atoms. The van der Waals surface area contributed by atoms with Crippen molar-refractivity contribution in [3.8, 4) is 0 Å². The van der Waals surface area contributed by atoms with E-state index < -0.39 is 0 Å². The molecule has 0 nitrogen and oxygen atoms in total. The van der Waals surface area contributed by atoms with E-state index in [4.69, 9.17) is 0 Å². The molecule has 0 fully saturated rings. The van der Waals surface area contributed by atoms with Crippen LogP contribution in [0.15, 0.2) is 17.0 Å². The third-order valence-corrected chi connectivity index (χ3v) is 4.50. The standard InChI is InChI=1S/C12H16S/c1-8-5-6-9(2)11-10(8)12(3,4)7-13-11/h5-6H,7H2,1-4H3. The normalized spacial score (nSPS) is 18.8. The molecule has 2 rings (SSSR count). The van der Waals surface area contributed by atoms with Gasteiger partial charge in [0.05, 0.1) is 0 Å². The number of hydrogen-bond donors (Lipinski definition) is 0. The largest absolute Gasteiger partial charge is 0.125 e. The predicted molar refractivity (Wildman–Crippen MR) is 59.7 cm³/mol. The summed E-state index contributed by atoms with van der Waals surface area (Å²) in [6.07, 6.45) is 0. The van der Waals surface area contributed by atoms with Crippen molar-refractivity contribution in [1.82, 2.24) is 0 Å². The Morgan fingerprint density at radius 1 is 1.15 bits per heavy atom. The Labute approximate surface area is 84.7 Å². The quantitative estimate of drug-likeness (QED) is 0.604. The summed E-state index contributed by atoms with van der Waals surface area (Å²) in [6, 6.07) is 4.49. The van der Waals surface area contributed by atoms with Crippen molar-refractivity contribution in [2.24, 2.45) is 0 Å². The van der Waals surface area contributed by atoms with Crippen molar-refractivity contribution in [1.29, 1.82) is 0 Å². The molecule has 0 saturated heterocycles. The highest BCUT2D eigenvalue weighted by molar-refractivity contribution is 7.99. The van der Waals surface area contributed by atoms with Crippen LogP contribution in [-0.4, -0.2) is 5.75 Å². The first-order valence-electron chi connectivity index (χ1n) is 4.76. The molecule has 0 unspecified atom stereocenters. The lowest BCUT2D eigenvalue weighted by atomic mass is 9.83. The molecular formula is C12H16S. The van der Waals surface area contributed by atoms with Crippen molar-refractivity contribution in [3.05, 3.63) is 28.8 Å². The summed E-state index contributed by atoms with van der Waals surface area (Å²) in [5.41, 5.74) is 4.85. The molecule has 1 aliphatic heterocycles. The lowest BCUT2D eigenvalue weighted by Gasteiger charge is -2.20. The molecule has 70 valence electrons. The van der Waals surface area contributed by atoms with E-state index in [1.165, 1.54) is 21.8 Å². The van der Waals surface area contributed by atoms with Gasteiger partial charge in [0.25, 0.3) is 0 Å². The summed E-state index contributed by atoms with van der Waals surface area (Å²) < 4.78 is 0. The van der Waals surface area contributed by atoms with Crippen LogP contribution in [0.25, 0.3) is 0 Å². The van der Waals surface area contributed by atoms with Crippen LogP contribution in [0.1, 0.15) is 30.5 Å². The lowest BCUT2D eigenvalue weighted by molar-refractivity contribution is 0.599. The Kier molecular flexibility index (Phi) is 1.95. The maximum Gasteiger partial charge on any atom is 0.0142 e. The van der Waals surface area contributed by atoms with E-state index in [1.54, 1.807) is 5.56 Å². The second-order valence-corrected chi connectivity index (χ2v) is 5.56. The molecular weight excluding hydrogens is 176 g/mol. The second-order valence-electron chi connectivity index (χ2n) is 4.58. The first-order valence-corrected chi connectivity index (χ1v) is 5.74. The van der Waals surface area contributed by atoms with E-state index in [1.807, 2.05) is 11.8 Å². The highest BCUT2D eigenvalue weighted by Crippen LogP contribution is 2.46. The van der Waals surface area contributed by atoms with Gasteiger partial charge in [0.15, 0.2) is 0 Å². The third kappa shape index (κ3) is 1.30. The van der Waals surface area contributed by atoms with Gasteiger partial charge in [0.2, 0.25) is 0 Å². The summed E-state index contributed by atoms with van der Waals surface area (Å²) in [5, 5.41) is 0. The van der Waals surface area contributed by atoms with Crippen LogP contribution in [0.5, 0.6) is 0 Å². The van der Waals surface area contributed by atoms with Crippen LogP contribution in [0, 0.1) is 13.8 Å². The molecule has 1 aliphatic rings. The van der Waals surface area contributed by atoms with Crippen molar-refractivity contribution >= 4 is 11.8 Å². The minimum absolute atomic E-state index is 0.371. The molecule has 0 amide bonds. The van der Waals surface area contributed by atoms with Crippen LogP contribution < -0.4 is 0 Å². The van der Waals surface area contributed by atoms with E-state index in [0.717, 1.165) is 0 Å². The monoisotopic (exact) mass is 192 g/mol. The van der Waals surface area contributed by atoms with Crippen molar-refractivity contribution in [3.63, 3.8) is 0 Å². The Bertz CT molecular complexity index is 350. The van der Waals surface area contributed by atoms with Gasteiger partial charge in [-0.05, 0) is 30.5 Å². The zero-order valence-corrected chi connectivity index (χ0v) is 9.59. The second kappa shape index (κ2) is 2.78.